The van der Waals surface area contributed by atoms with Crippen LogP contribution in [-0.4, -0.2) is 9.97 Å². The van der Waals surface area contributed by atoms with Crippen molar-refractivity contribution in [2.45, 2.75) is 0 Å². The Hall–Kier alpha value is -0.480. The van der Waals surface area contributed by atoms with E-state index in [9.17, 15) is 0 Å². The van der Waals surface area contributed by atoms with Gasteiger partial charge in [-0.1, -0.05) is 0 Å². The van der Waals surface area contributed by atoms with Crippen LogP contribution in [0.4, 0.5) is 0 Å². The highest BCUT2D eigenvalue weighted by Gasteiger charge is 2.01. The van der Waals surface area contributed by atoms with Crippen LogP contribution in [-0.2, 0) is 0 Å². The highest BCUT2D eigenvalue weighted by molar-refractivity contribution is 9.11. The van der Waals surface area contributed by atoms with Gasteiger partial charge in [0.1, 0.15) is 0 Å². The second kappa shape index (κ2) is 3.11. The van der Waals surface area contributed by atoms with Crippen LogP contribution in [0, 0.1) is 0 Å². The van der Waals surface area contributed by atoms with E-state index >= 15 is 0 Å². The summed E-state index contributed by atoms with van der Waals surface area (Å²) in [4.78, 5) is 8.28. The van der Waals surface area contributed by atoms with Crippen molar-refractivity contribution in [2.24, 2.45) is 0 Å². The van der Waals surface area contributed by atoms with Crippen LogP contribution < -0.4 is 0 Å². The number of halogens is 2. The van der Waals surface area contributed by atoms with E-state index in [1.807, 2.05) is 6.07 Å². The molecule has 60 valence electrons. The Morgan fingerprint density at radius 3 is 2.67 bits per heavy atom. The number of hydrogen-bond donors (Lipinski definition) is 0. The molecule has 0 amide bonds. The van der Waals surface area contributed by atoms with Gasteiger partial charge in [-0.2, -0.15) is 0 Å². The van der Waals surface area contributed by atoms with Gasteiger partial charge in [-0.25, -0.2) is 0 Å². The van der Waals surface area contributed by atoms with Crippen molar-refractivity contribution in [3.63, 3.8) is 0 Å². The number of fused-ring (bicyclic) bond motifs is 1. The molecule has 2 nitrogen and oxygen atoms in total. The maximum Gasteiger partial charge on any atom is 0.0886 e. The maximum atomic E-state index is 4.22. The Balaban J connectivity index is 2.94. The molecule has 2 aromatic rings. The van der Waals surface area contributed by atoms with Crippen LogP contribution in [0.2, 0.25) is 0 Å². The molecule has 0 aromatic carbocycles. The zero-order chi connectivity index (χ0) is 8.55. The van der Waals surface area contributed by atoms with Crippen molar-refractivity contribution >= 4 is 42.8 Å². The fourth-order valence-electron chi connectivity index (χ4n) is 1.00. The molecule has 2 heterocycles. The minimum absolute atomic E-state index is 0.918. The van der Waals surface area contributed by atoms with E-state index in [4.69, 9.17) is 0 Å². The molecule has 0 N–H and O–H groups in total. The molecular weight excluding hydrogens is 284 g/mol. The smallest absolute Gasteiger partial charge is 0.0886 e. The van der Waals surface area contributed by atoms with E-state index in [0.29, 0.717) is 0 Å². The fraction of sp³-hybridized carbons (Fsp3) is 0. The second-order valence-electron chi connectivity index (χ2n) is 2.31. The number of nitrogens with zero attached hydrogens (tertiary/aromatic N) is 2. The van der Waals surface area contributed by atoms with Gasteiger partial charge in [-0.05, 0) is 37.9 Å². The lowest BCUT2D eigenvalue weighted by Crippen LogP contribution is -1.82. The average Bonchev–Trinajstić information content (AvgIpc) is 2.07. The molecule has 0 fully saturated rings. The maximum absolute atomic E-state index is 4.22. The summed E-state index contributed by atoms with van der Waals surface area (Å²) < 4.78 is 1.93. The standard InChI is InChI=1S/C8H4Br2N2/c9-6-1-2-12-8-5(6)3-11-4-7(8)10/h1-4H. The zero-order valence-electron chi connectivity index (χ0n) is 5.96. The Bertz CT molecular complexity index is 387. The second-order valence-corrected chi connectivity index (χ2v) is 4.02. The van der Waals surface area contributed by atoms with Crippen LogP contribution in [0.1, 0.15) is 0 Å². The van der Waals surface area contributed by atoms with Gasteiger partial charge in [-0.15, -0.1) is 0 Å². The third-order valence-electron chi connectivity index (χ3n) is 1.55. The van der Waals surface area contributed by atoms with Gasteiger partial charge in [0, 0.05) is 28.4 Å². The minimum Gasteiger partial charge on any atom is -0.263 e. The Morgan fingerprint density at radius 2 is 1.92 bits per heavy atom. The quantitative estimate of drug-likeness (QED) is 0.744. The van der Waals surface area contributed by atoms with Gasteiger partial charge in [0.05, 0.1) is 9.99 Å². The van der Waals surface area contributed by atoms with Crippen molar-refractivity contribution in [1.82, 2.24) is 9.97 Å². The fourth-order valence-corrected chi connectivity index (χ4v) is 1.84. The van der Waals surface area contributed by atoms with Gasteiger partial charge in [-0.3, -0.25) is 9.97 Å². The van der Waals surface area contributed by atoms with Crippen molar-refractivity contribution in [3.05, 3.63) is 33.6 Å². The Kier molecular flexibility index (Phi) is 2.11. The summed E-state index contributed by atoms with van der Waals surface area (Å²) in [5.41, 5.74) is 0.930. The first-order valence-corrected chi connectivity index (χ1v) is 4.91. The molecule has 4 heteroatoms. The molecule has 0 saturated carbocycles. The Labute approximate surface area is 86.3 Å². The predicted molar refractivity (Wildman–Crippen MR) is 54.9 cm³/mol. The van der Waals surface area contributed by atoms with Crippen LogP contribution in [0.3, 0.4) is 0 Å². The van der Waals surface area contributed by atoms with Crippen molar-refractivity contribution in [1.29, 1.82) is 0 Å². The van der Waals surface area contributed by atoms with Gasteiger partial charge in [0.15, 0.2) is 0 Å². The molecule has 0 spiro atoms. The Morgan fingerprint density at radius 1 is 1.08 bits per heavy atom. The van der Waals surface area contributed by atoms with E-state index in [0.717, 1.165) is 19.8 Å². The van der Waals surface area contributed by atoms with Gasteiger partial charge >= 0.3 is 0 Å². The first-order chi connectivity index (χ1) is 5.79. The van der Waals surface area contributed by atoms with E-state index < -0.39 is 0 Å². The van der Waals surface area contributed by atoms with Crippen LogP contribution in [0.15, 0.2) is 33.6 Å². The lowest BCUT2D eigenvalue weighted by atomic mass is 10.3. The zero-order valence-corrected chi connectivity index (χ0v) is 9.13. The van der Waals surface area contributed by atoms with Crippen LogP contribution in [0.25, 0.3) is 10.9 Å². The molecule has 0 atom stereocenters. The summed E-state index contributed by atoms with van der Waals surface area (Å²) in [6.07, 6.45) is 5.29. The summed E-state index contributed by atoms with van der Waals surface area (Å²) in [5.74, 6) is 0. The molecular formula is C8H4Br2N2. The van der Waals surface area contributed by atoms with E-state index in [-0.39, 0.29) is 0 Å². The average molecular weight is 288 g/mol. The molecule has 0 aliphatic rings. The molecule has 0 aliphatic heterocycles. The summed E-state index contributed by atoms with van der Waals surface area (Å²) in [5, 5.41) is 1.02. The highest BCUT2D eigenvalue weighted by Crippen LogP contribution is 2.25. The first-order valence-electron chi connectivity index (χ1n) is 3.33. The largest absolute Gasteiger partial charge is 0.263 e. The molecule has 2 rings (SSSR count). The molecule has 12 heavy (non-hydrogen) atoms. The van der Waals surface area contributed by atoms with Crippen molar-refractivity contribution < 1.29 is 0 Å². The minimum atomic E-state index is 0.918. The highest BCUT2D eigenvalue weighted by atomic mass is 79.9. The molecule has 0 bridgehead atoms. The van der Waals surface area contributed by atoms with Crippen LogP contribution >= 0.6 is 31.9 Å². The summed E-state index contributed by atoms with van der Waals surface area (Å²) in [6.45, 7) is 0. The molecule has 0 unspecified atom stereocenters. The van der Waals surface area contributed by atoms with Gasteiger partial charge in [0.25, 0.3) is 0 Å². The lowest BCUT2D eigenvalue weighted by Gasteiger charge is -1.99. The number of hydrogen-bond acceptors (Lipinski definition) is 2. The number of rotatable bonds is 0. The molecule has 0 radical (unpaired) electrons. The molecule has 2 aromatic heterocycles. The van der Waals surface area contributed by atoms with Crippen LogP contribution in [0.5, 0.6) is 0 Å². The predicted octanol–water partition coefficient (Wildman–Crippen LogP) is 3.15. The molecule has 0 saturated heterocycles. The number of aromatic nitrogens is 2. The van der Waals surface area contributed by atoms with Gasteiger partial charge in [0.2, 0.25) is 0 Å². The van der Waals surface area contributed by atoms with Crippen molar-refractivity contribution in [2.75, 3.05) is 0 Å². The third-order valence-corrected chi connectivity index (χ3v) is 2.83. The van der Waals surface area contributed by atoms with Crippen molar-refractivity contribution in [3.8, 4) is 0 Å². The topological polar surface area (TPSA) is 25.8 Å². The normalized spacial score (nSPS) is 10.5. The van der Waals surface area contributed by atoms with E-state index in [1.54, 1.807) is 18.6 Å². The SMILES string of the molecule is Brc1ccnc2c(Br)cncc12. The first kappa shape index (κ1) is 8.13. The summed E-state index contributed by atoms with van der Waals surface area (Å²) in [7, 11) is 0. The monoisotopic (exact) mass is 286 g/mol. The number of pyridine rings is 2. The molecule has 0 aliphatic carbocycles. The van der Waals surface area contributed by atoms with Gasteiger partial charge < -0.3 is 0 Å². The third kappa shape index (κ3) is 1.25. The van der Waals surface area contributed by atoms with E-state index in [1.165, 1.54) is 0 Å². The van der Waals surface area contributed by atoms with E-state index in [2.05, 4.69) is 41.8 Å². The summed E-state index contributed by atoms with van der Waals surface area (Å²) in [6, 6.07) is 1.90. The summed E-state index contributed by atoms with van der Waals surface area (Å²) >= 11 is 6.82. The lowest BCUT2D eigenvalue weighted by molar-refractivity contribution is 1.30.